The van der Waals surface area contributed by atoms with Gasteiger partial charge in [0.1, 0.15) is 5.54 Å². The topological polar surface area (TPSA) is 90.0 Å². The third-order valence-electron chi connectivity index (χ3n) is 3.37. The van der Waals surface area contributed by atoms with E-state index in [9.17, 15) is 14.4 Å². The van der Waals surface area contributed by atoms with Gasteiger partial charge in [0.2, 0.25) is 11.8 Å². The lowest BCUT2D eigenvalue weighted by atomic mass is 10.0. The minimum absolute atomic E-state index is 0.0138. The number of aliphatic carboxylic acids is 1. The van der Waals surface area contributed by atoms with Crippen LogP contribution in [0.15, 0.2) is 0 Å². The summed E-state index contributed by atoms with van der Waals surface area (Å²) in [6.07, 6.45) is 0. The van der Waals surface area contributed by atoms with Crippen LogP contribution in [0.1, 0.15) is 34.6 Å². The molecule has 0 aromatic carbocycles. The van der Waals surface area contributed by atoms with E-state index >= 15 is 0 Å². The molecular formula is C14H27N3O4. The normalized spacial score (nSPS) is 11.6. The van der Waals surface area contributed by atoms with E-state index in [1.165, 1.54) is 23.6 Å². The van der Waals surface area contributed by atoms with E-state index in [0.717, 1.165) is 0 Å². The van der Waals surface area contributed by atoms with Gasteiger partial charge in [-0.25, -0.2) is 0 Å². The Kier molecular flexibility index (Phi) is 7.35. The van der Waals surface area contributed by atoms with Crippen LogP contribution in [0, 0.1) is 0 Å². The Bertz CT molecular complexity index is 394. The molecule has 0 aromatic heterocycles. The lowest BCUT2D eigenvalue weighted by Gasteiger charge is -2.32. The SMILES string of the molecule is CCN(CC(=O)NC(C)C)C(=O)CN(C)C(C)(C)C(=O)O. The van der Waals surface area contributed by atoms with E-state index in [1.807, 2.05) is 13.8 Å². The molecule has 0 aliphatic heterocycles. The zero-order valence-electron chi connectivity index (χ0n) is 13.8. The van der Waals surface area contributed by atoms with Gasteiger partial charge in [-0.15, -0.1) is 0 Å². The lowest BCUT2D eigenvalue weighted by Crippen LogP contribution is -2.53. The third-order valence-corrected chi connectivity index (χ3v) is 3.37. The van der Waals surface area contributed by atoms with E-state index < -0.39 is 11.5 Å². The molecule has 0 aliphatic rings. The number of amides is 2. The van der Waals surface area contributed by atoms with Gasteiger partial charge in [0, 0.05) is 12.6 Å². The number of carbonyl (C=O) groups is 3. The van der Waals surface area contributed by atoms with Crippen LogP contribution in [-0.4, -0.2) is 71.0 Å². The fourth-order valence-electron chi connectivity index (χ4n) is 1.58. The largest absolute Gasteiger partial charge is 0.480 e. The molecule has 0 fully saturated rings. The second kappa shape index (κ2) is 7.97. The molecule has 122 valence electrons. The quantitative estimate of drug-likeness (QED) is 0.666. The number of carboxylic acids is 1. The number of hydrogen-bond acceptors (Lipinski definition) is 4. The summed E-state index contributed by atoms with van der Waals surface area (Å²) in [7, 11) is 1.58. The van der Waals surface area contributed by atoms with Gasteiger partial charge in [0.25, 0.3) is 0 Å². The summed E-state index contributed by atoms with van der Waals surface area (Å²) >= 11 is 0. The molecule has 0 aromatic rings. The van der Waals surface area contributed by atoms with Crippen molar-refractivity contribution in [1.82, 2.24) is 15.1 Å². The monoisotopic (exact) mass is 301 g/mol. The molecule has 7 heteroatoms. The van der Waals surface area contributed by atoms with Crippen LogP contribution in [0.3, 0.4) is 0 Å². The van der Waals surface area contributed by atoms with Crippen LogP contribution >= 0.6 is 0 Å². The Hall–Kier alpha value is -1.63. The Labute approximate surface area is 126 Å². The summed E-state index contributed by atoms with van der Waals surface area (Å²) in [5.74, 6) is -1.49. The molecule has 7 nitrogen and oxygen atoms in total. The maximum absolute atomic E-state index is 12.2. The predicted octanol–water partition coefficient (Wildman–Crippen LogP) is 0.155. The highest BCUT2D eigenvalue weighted by Crippen LogP contribution is 2.12. The maximum atomic E-state index is 12.2. The summed E-state index contributed by atoms with van der Waals surface area (Å²) < 4.78 is 0. The molecule has 2 N–H and O–H groups in total. The first-order valence-corrected chi connectivity index (χ1v) is 7.04. The number of likely N-dealkylation sites (N-methyl/N-ethyl adjacent to an activating group) is 2. The molecule has 2 amide bonds. The molecule has 0 saturated heterocycles. The van der Waals surface area contributed by atoms with Crippen LogP contribution in [0.5, 0.6) is 0 Å². The first kappa shape index (κ1) is 19.4. The number of carbonyl (C=O) groups excluding carboxylic acids is 2. The van der Waals surface area contributed by atoms with Gasteiger partial charge in [-0.3, -0.25) is 19.3 Å². The molecule has 0 heterocycles. The minimum Gasteiger partial charge on any atom is -0.480 e. The molecular weight excluding hydrogens is 274 g/mol. The van der Waals surface area contributed by atoms with Crippen molar-refractivity contribution in [2.75, 3.05) is 26.7 Å². The molecule has 0 bridgehead atoms. The van der Waals surface area contributed by atoms with E-state index in [1.54, 1.807) is 14.0 Å². The van der Waals surface area contributed by atoms with Crippen molar-refractivity contribution in [2.24, 2.45) is 0 Å². The molecule has 0 rings (SSSR count). The van der Waals surface area contributed by atoms with Crippen molar-refractivity contribution in [3.05, 3.63) is 0 Å². The van der Waals surface area contributed by atoms with Gasteiger partial charge >= 0.3 is 5.97 Å². The van der Waals surface area contributed by atoms with Gasteiger partial charge in [0.05, 0.1) is 13.1 Å². The fourth-order valence-corrected chi connectivity index (χ4v) is 1.58. The highest BCUT2D eigenvalue weighted by molar-refractivity contribution is 5.86. The van der Waals surface area contributed by atoms with Crippen LogP contribution in [0.4, 0.5) is 0 Å². The highest BCUT2D eigenvalue weighted by Gasteiger charge is 2.33. The van der Waals surface area contributed by atoms with Crippen molar-refractivity contribution in [1.29, 1.82) is 0 Å². The van der Waals surface area contributed by atoms with Crippen LogP contribution in [-0.2, 0) is 14.4 Å². The minimum atomic E-state index is -1.14. The van der Waals surface area contributed by atoms with Crippen molar-refractivity contribution in [3.8, 4) is 0 Å². The summed E-state index contributed by atoms with van der Waals surface area (Å²) in [5, 5.41) is 11.9. The molecule has 0 radical (unpaired) electrons. The van der Waals surface area contributed by atoms with Crippen LogP contribution in [0.25, 0.3) is 0 Å². The van der Waals surface area contributed by atoms with Gasteiger partial charge in [-0.1, -0.05) is 0 Å². The van der Waals surface area contributed by atoms with E-state index in [2.05, 4.69) is 5.32 Å². The fraction of sp³-hybridized carbons (Fsp3) is 0.786. The lowest BCUT2D eigenvalue weighted by molar-refractivity contribution is -0.150. The van der Waals surface area contributed by atoms with E-state index in [4.69, 9.17) is 5.11 Å². The standard InChI is InChI=1S/C14H27N3O4/c1-7-17(8-11(18)15-10(2)3)12(19)9-16(6)14(4,5)13(20)21/h10H,7-9H2,1-6H3,(H,15,18)(H,20,21). The summed E-state index contributed by atoms with van der Waals surface area (Å²) in [6.45, 7) is 8.86. The van der Waals surface area contributed by atoms with Gasteiger partial charge < -0.3 is 15.3 Å². The number of carboxylic acid groups (broad SMARTS) is 1. The molecule has 0 unspecified atom stereocenters. The van der Waals surface area contributed by atoms with E-state index in [-0.39, 0.29) is 30.9 Å². The Morgan fingerprint density at radius 1 is 1.19 bits per heavy atom. The highest BCUT2D eigenvalue weighted by atomic mass is 16.4. The van der Waals surface area contributed by atoms with Crippen LogP contribution in [0.2, 0.25) is 0 Å². The molecule has 0 aliphatic carbocycles. The van der Waals surface area contributed by atoms with Gasteiger partial charge in [-0.2, -0.15) is 0 Å². The van der Waals surface area contributed by atoms with E-state index in [0.29, 0.717) is 6.54 Å². The summed E-state index contributed by atoms with van der Waals surface area (Å²) in [5.41, 5.74) is -1.14. The Balaban J connectivity index is 4.67. The maximum Gasteiger partial charge on any atom is 0.323 e. The molecule has 21 heavy (non-hydrogen) atoms. The molecule has 0 saturated carbocycles. The smallest absolute Gasteiger partial charge is 0.323 e. The van der Waals surface area contributed by atoms with Crippen LogP contribution < -0.4 is 5.32 Å². The molecule has 0 spiro atoms. The first-order valence-electron chi connectivity index (χ1n) is 7.04. The number of rotatable bonds is 8. The second-order valence-corrected chi connectivity index (χ2v) is 5.85. The summed E-state index contributed by atoms with van der Waals surface area (Å²) in [6, 6.07) is 0.0138. The number of nitrogens with zero attached hydrogens (tertiary/aromatic N) is 2. The second-order valence-electron chi connectivity index (χ2n) is 5.85. The predicted molar refractivity (Wildman–Crippen MR) is 79.9 cm³/mol. The zero-order chi connectivity index (χ0) is 16.8. The average molecular weight is 301 g/mol. The van der Waals surface area contributed by atoms with Gasteiger partial charge in [0.15, 0.2) is 0 Å². The number of hydrogen-bond donors (Lipinski definition) is 2. The summed E-state index contributed by atoms with van der Waals surface area (Å²) in [4.78, 5) is 37.9. The third kappa shape index (κ3) is 6.12. The van der Waals surface area contributed by atoms with Crippen molar-refractivity contribution in [2.45, 2.75) is 46.2 Å². The molecule has 0 atom stereocenters. The van der Waals surface area contributed by atoms with Crippen molar-refractivity contribution >= 4 is 17.8 Å². The Morgan fingerprint density at radius 3 is 2.10 bits per heavy atom. The Morgan fingerprint density at radius 2 is 1.71 bits per heavy atom. The van der Waals surface area contributed by atoms with Gasteiger partial charge in [-0.05, 0) is 41.7 Å². The first-order chi connectivity index (χ1) is 9.52. The average Bonchev–Trinajstić information content (AvgIpc) is 2.34. The van der Waals surface area contributed by atoms with Crippen molar-refractivity contribution in [3.63, 3.8) is 0 Å². The number of nitrogens with one attached hydrogen (secondary N) is 1. The van der Waals surface area contributed by atoms with Crippen molar-refractivity contribution < 1.29 is 19.5 Å². The zero-order valence-corrected chi connectivity index (χ0v) is 13.8.